The molecule has 1 aromatic heterocycles. The molecule has 1 fully saturated rings. The molecule has 1 amide bonds. The summed E-state index contributed by atoms with van der Waals surface area (Å²) in [6.45, 7) is 20.2. The first-order valence-corrected chi connectivity index (χ1v) is 25.4. The van der Waals surface area contributed by atoms with E-state index in [1.165, 1.54) is 6.07 Å². The minimum atomic E-state index is -3.01. The van der Waals surface area contributed by atoms with Gasteiger partial charge in [-0.2, -0.15) is 0 Å². The number of Topliss-reactive ketones (excluding diaryl/α,β-unsaturated/α-hetero) is 2. The summed E-state index contributed by atoms with van der Waals surface area (Å²) in [5, 5.41) is 20.4. The Morgan fingerprint density at radius 2 is 1.66 bits per heavy atom. The Balaban J connectivity index is 1.30. The molecular weight excluding hydrogens is 846 g/mol. The number of nitrogens with one attached hydrogen (secondary N) is 1. The Bertz CT molecular complexity index is 2530. The van der Waals surface area contributed by atoms with Crippen LogP contribution >= 0.6 is 0 Å². The summed E-state index contributed by atoms with van der Waals surface area (Å²) >= 11 is 0. The number of fused-ring (bicyclic) bond motifs is 4. The quantitative estimate of drug-likeness (QED) is 0.103. The molecule has 12 nitrogen and oxygen atoms in total. The van der Waals surface area contributed by atoms with Crippen molar-refractivity contribution in [1.29, 1.82) is 0 Å². The van der Waals surface area contributed by atoms with Crippen molar-refractivity contribution in [3.05, 3.63) is 136 Å². The number of benzene rings is 3. The number of halogens is 1. The minimum absolute atomic E-state index is 0.00919. The molecule has 2 N–H and O–H groups in total. The maximum absolute atomic E-state index is 17.6. The number of carbonyl (C=O) groups is 3. The van der Waals surface area contributed by atoms with Gasteiger partial charge in [-0.1, -0.05) is 87.5 Å². The number of amides is 1. The molecule has 4 aliphatic rings. The molecular formula is C51H60FN3O9Si. The van der Waals surface area contributed by atoms with E-state index in [4.69, 9.17) is 23.2 Å². The second-order valence-corrected chi connectivity index (χ2v) is 24.9. The smallest absolute Gasteiger partial charge is 0.410 e. The highest BCUT2D eigenvalue weighted by Crippen LogP contribution is 2.59. The third-order valence-electron chi connectivity index (χ3n) is 13.7. The first kappa shape index (κ1) is 46.0. The zero-order valence-electron chi connectivity index (χ0n) is 38.6. The number of rotatable bonds is 12. The molecule has 2 heterocycles. The third-order valence-corrected chi connectivity index (χ3v) is 18.1. The monoisotopic (exact) mass is 905 g/mol. The molecule has 0 saturated carbocycles. The first-order valence-electron chi connectivity index (χ1n) is 22.5. The van der Waals surface area contributed by atoms with Crippen LogP contribution in [0.4, 0.5) is 9.18 Å². The number of allylic oxidation sites excluding steroid dienone is 1. The highest BCUT2D eigenvalue weighted by atomic mass is 28.4. The van der Waals surface area contributed by atoms with Gasteiger partial charge >= 0.3 is 6.09 Å². The van der Waals surface area contributed by atoms with Gasteiger partial charge in [0.15, 0.2) is 25.5 Å². The van der Waals surface area contributed by atoms with E-state index in [1.54, 1.807) is 31.7 Å². The van der Waals surface area contributed by atoms with Gasteiger partial charge in [0, 0.05) is 35.7 Å². The molecule has 0 spiro atoms. The summed E-state index contributed by atoms with van der Waals surface area (Å²) in [5.74, 6) is -3.76. The average molecular weight is 906 g/mol. The van der Waals surface area contributed by atoms with Crippen LogP contribution in [0.1, 0.15) is 122 Å². The molecule has 3 aliphatic carbocycles. The Labute approximate surface area is 381 Å². The lowest BCUT2D eigenvalue weighted by Gasteiger charge is -2.54. The number of aromatic nitrogens is 1. The molecule has 8 rings (SSSR count). The molecule has 1 aliphatic heterocycles. The topological polar surface area (TPSA) is 150 Å². The number of hydrogen-bond donors (Lipinski definition) is 2. The highest BCUT2D eigenvalue weighted by molar-refractivity contribution is 6.74. The Kier molecular flexibility index (Phi) is 12.3. The van der Waals surface area contributed by atoms with Crippen molar-refractivity contribution in [3.63, 3.8) is 0 Å². The van der Waals surface area contributed by atoms with E-state index in [1.807, 2.05) is 94.5 Å². The number of ether oxygens (including phenoxy) is 3. The lowest BCUT2D eigenvalue weighted by Crippen LogP contribution is -2.65. The highest BCUT2D eigenvalue weighted by Gasteiger charge is 2.67. The lowest BCUT2D eigenvalue weighted by molar-refractivity contribution is -0.0319. The summed E-state index contributed by atoms with van der Waals surface area (Å²) in [6.07, 6.45) is 2.33. The maximum Gasteiger partial charge on any atom is 0.410 e. The third kappa shape index (κ3) is 8.33. The zero-order valence-corrected chi connectivity index (χ0v) is 39.6. The van der Waals surface area contributed by atoms with Gasteiger partial charge in [-0.25, -0.2) is 9.18 Å². The van der Waals surface area contributed by atoms with E-state index in [2.05, 4.69) is 17.1 Å². The van der Waals surface area contributed by atoms with Crippen molar-refractivity contribution in [2.75, 3.05) is 13.1 Å². The molecule has 14 heteroatoms. The van der Waals surface area contributed by atoms with Gasteiger partial charge in [0.25, 0.3) is 5.88 Å². The van der Waals surface area contributed by atoms with Crippen molar-refractivity contribution in [3.8, 4) is 11.6 Å². The second kappa shape index (κ2) is 17.3. The van der Waals surface area contributed by atoms with Crippen LogP contribution in [0.15, 0.2) is 95.2 Å². The van der Waals surface area contributed by atoms with E-state index in [0.717, 1.165) is 11.1 Å². The summed E-state index contributed by atoms with van der Waals surface area (Å²) in [5.41, 5.74) is -0.915. The van der Waals surface area contributed by atoms with Crippen LogP contribution in [-0.4, -0.2) is 65.4 Å². The van der Waals surface area contributed by atoms with Crippen molar-refractivity contribution in [2.24, 2.45) is 11.8 Å². The number of ketones is 2. The number of hydrogen-bond acceptors (Lipinski definition) is 11. The second-order valence-electron chi connectivity index (χ2n) is 20.2. The van der Waals surface area contributed by atoms with E-state index in [9.17, 15) is 9.90 Å². The first-order chi connectivity index (χ1) is 30.8. The standard InChI is InChI=1S/C51H60FN3O9Si/c1-10-23-53-42-35-26-32-25-34-39(37(60-28-30-18-13-11-14-19-30)27-33(41(34)52)36-22-17-24-55(36)48(59)62-49(2,3)4)43(56)38(32)45(57)51(35,64-65(8,9)50(5,6)7)46(58)40-44(42)63-54-47(40)61-29-31-20-15-12-16-21-31/h10-16,18-21,27,32,35-36,42,53,57H,1,17,22-26,28-29H2,2-9H3/t32-,35-,36?,42-,51-/m0/s1. The van der Waals surface area contributed by atoms with Crippen LogP contribution in [0.25, 0.3) is 0 Å². The molecule has 65 heavy (non-hydrogen) atoms. The Hall–Kier alpha value is -5.57. The maximum atomic E-state index is 17.6. The van der Waals surface area contributed by atoms with Crippen LogP contribution in [-0.2, 0) is 28.8 Å². The zero-order chi connectivity index (χ0) is 46.6. The van der Waals surface area contributed by atoms with Gasteiger partial charge in [-0.3, -0.25) is 9.59 Å². The predicted molar refractivity (Wildman–Crippen MR) is 245 cm³/mol. The normalized spacial score (nSPS) is 23.1. The van der Waals surface area contributed by atoms with Gasteiger partial charge in [-0.15, -0.1) is 6.58 Å². The summed E-state index contributed by atoms with van der Waals surface area (Å²) in [6, 6.07) is 18.9. The van der Waals surface area contributed by atoms with E-state index in [0.29, 0.717) is 19.4 Å². The van der Waals surface area contributed by atoms with Crippen LogP contribution < -0.4 is 14.8 Å². The van der Waals surface area contributed by atoms with Gasteiger partial charge in [0.05, 0.1) is 17.6 Å². The molecule has 1 unspecified atom stereocenters. The van der Waals surface area contributed by atoms with Crippen LogP contribution in [0, 0.1) is 17.7 Å². The van der Waals surface area contributed by atoms with Crippen LogP contribution in [0.5, 0.6) is 11.6 Å². The summed E-state index contributed by atoms with van der Waals surface area (Å²) in [7, 11) is -3.01. The van der Waals surface area contributed by atoms with E-state index in [-0.39, 0.29) is 77.8 Å². The Morgan fingerprint density at radius 3 is 2.28 bits per heavy atom. The van der Waals surface area contributed by atoms with Gasteiger partial charge in [0.2, 0.25) is 5.78 Å². The molecule has 3 aromatic carbocycles. The van der Waals surface area contributed by atoms with Crippen LogP contribution in [0.2, 0.25) is 18.1 Å². The number of aliphatic hydroxyl groups excluding tert-OH is 1. The molecule has 1 saturated heterocycles. The molecule has 5 atom stereocenters. The molecule has 0 bridgehead atoms. The molecule has 344 valence electrons. The number of nitrogens with zero attached hydrogens (tertiary/aromatic N) is 2. The fraction of sp³-hybridized carbons (Fsp3) is 0.451. The van der Waals surface area contributed by atoms with E-state index < -0.39 is 77.7 Å². The number of likely N-dealkylation sites (tertiary alicyclic amines) is 1. The molecule has 0 radical (unpaired) electrons. The SMILES string of the molecule is C=CCN[C@@H]1c2onc(OCc3ccccc3)c2C(=O)[C@@]2(O[Si](C)(C)C(C)(C)C)C(O)=C3C(=O)c4c(OCc5ccccc5)cc(C5CCCN5C(=O)OC(C)(C)C)c(F)c4C[C@H]3C[C@@H]12. The predicted octanol–water partition coefficient (Wildman–Crippen LogP) is 10.7. The molecule has 4 aromatic rings. The summed E-state index contributed by atoms with van der Waals surface area (Å²) in [4.78, 5) is 46.3. The van der Waals surface area contributed by atoms with E-state index >= 15 is 14.0 Å². The van der Waals surface area contributed by atoms with Crippen molar-refractivity contribution < 1.29 is 47.0 Å². The fourth-order valence-electron chi connectivity index (χ4n) is 9.61. The largest absolute Gasteiger partial charge is 0.508 e. The fourth-order valence-corrected chi connectivity index (χ4v) is 11.1. The average Bonchev–Trinajstić information content (AvgIpc) is 3.92. The van der Waals surface area contributed by atoms with Crippen molar-refractivity contribution in [2.45, 2.75) is 122 Å². The van der Waals surface area contributed by atoms with Gasteiger partial charge < -0.3 is 38.5 Å². The van der Waals surface area contributed by atoms with Crippen LogP contribution in [0.3, 0.4) is 0 Å². The number of carbonyl (C=O) groups excluding carboxylic acids is 3. The Morgan fingerprint density at radius 1 is 1.02 bits per heavy atom. The summed E-state index contributed by atoms with van der Waals surface area (Å²) < 4.78 is 49.4. The number of aliphatic hydroxyl groups is 1. The van der Waals surface area contributed by atoms with Crippen molar-refractivity contribution >= 4 is 26.0 Å². The lowest BCUT2D eigenvalue weighted by atomic mass is 9.58. The van der Waals surface area contributed by atoms with Gasteiger partial charge in [-0.05, 0) is 92.9 Å². The van der Waals surface area contributed by atoms with Gasteiger partial charge in [0.1, 0.15) is 41.7 Å². The van der Waals surface area contributed by atoms with Crippen molar-refractivity contribution in [1.82, 2.24) is 15.4 Å². The minimum Gasteiger partial charge on any atom is -0.508 e.